The minimum atomic E-state index is 0.167. The van der Waals surface area contributed by atoms with Crippen molar-refractivity contribution in [1.82, 2.24) is 0 Å². The molecule has 0 aliphatic carbocycles. The molecule has 0 aliphatic rings. The number of methoxy groups -OCH3 is 2. The van der Waals surface area contributed by atoms with Crippen LogP contribution in [0.25, 0.3) is 0 Å². The third-order valence-corrected chi connectivity index (χ3v) is 3.64. The lowest BCUT2D eigenvalue weighted by Crippen LogP contribution is -2.21. The first-order valence-corrected chi connectivity index (χ1v) is 7.65. The van der Waals surface area contributed by atoms with Crippen LogP contribution < -0.4 is 15.2 Å². The van der Waals surface area contributed by atoms with Crippen molar-refractivity contribution < 1.29 is 14.2 Å². The smallest absolute Gasteiger partial charge is 0.175 e. The summed E-state index contributed by atoms with van der Waals surface area (Å²) >= 11 is 3.54. The van der Waals surface area contributed by atoms with Gasteiger partial charge in [-0.25, -0.2) is 0 Å². The lowest BCUT2D eigenvalue weighted by Gasteiger charge is -2.16. The SMILES string of the molecule is CCC(N)Cc1cc(Br)c(OCCCOC)c(OC)c1. The lowest BCUT2D eigenvalue weighted by atomic mass is 10.0. The lowest BCUT2D eigenvalue weighted by molar-refractivity contribution is 0.170. The van der Waals surface area contributed by atoms with Crippen LogP contribution in [0.4, 0.5) is 0 Å². The molecule has 0 saturated carbocycles. The first kappa shape index (κ1) is 17.3. The summed E-state index contributed by atoms with van der Waals surface area (Å²) in [5, 5.41) is 0. The van der Waals surface area contributed by atoms with Gasteiger partial charge in [0, 0.05) is 26.2 Å². The van der Waals surface area contributed by atoms with Crippen LogP contribution in [0.15, 0.2) is 16.6 Å². The molecule has 1 atom stereocenters. The van der Waals surface area contributed by atoms with Crippen molar-refractivity contribution in [3.63, 3.8) is 0 Å². The Morgan fingerprint density at radius 3 is 2.60 bits per heavy atom. The number of ether oxygens (including phenoxy) is 3. The van der Waals surface area contributed by atoms with E-state index < -0.39 is 0 Å². The van der Waals surface area contributed by atoms with E-state index in [1.165, 1.54) is 0 Å². The van der Waals surface area contributed by atoms with Crippen molar-refractivity contribution in [2.45, 2.75) is 32.2 Å². The zero-order valence-electron chi connectivity index (χ0n) is 12.4. The average Bonchev–Trinajstić information content (AvgIpc) is 2.44. The first-order chi connectivity index (χ1) is 9.62. The maximum absolute atomic E-state index is 6.00. The Morgan fingerprint density at radius 1 is 1.25 bits per heavy atom. The summed E-state index contributed by atoms with van der Waals surface area (Å²) in [5.41, 5.74) is 7.14. The van der Waals surface area contributed by atoms with Gasteiger partial charge in [0.05, 0.1) is 18.2 Å². The summed E-state index contributed by atoms with van der Waals surface area (Å²) in [6.45, 7) is 3.37. The average molecular weight is 346 g/mol. The molecule has 0 bridgehead atoms. The second kappa shape index (κ2) is 9.21. The van der Waals surface area contributed by atoms with E-state index >= 15 is 0 Å². The van der Waals surface area contributed by atoms with Crippen LogP contribution in [0.2, 0.25) is 0 Å². The van der Waals surface area contributed by atoms with Crippen LogP contribution >= 0.6 is 15.9 Å². The molecular weight excluding hydrogens is 322 g/mol. The van der Waals surface area contributed by atoms with Crippen LogP contribution in [0.5, 0.6) is 11.5 Å². The van der Waals surface area contributed by atoms with Crippen molar-refractivity contribution in [2.75, 3.05) is 27.4 Å². The predicted octanol–water partition coefficient (Wildman–Crippen LogP) is 3.15. The molecule has 0 fully saturated rings. The van der Waals surface area contributed by atoms with Gasteiger partial charge in [-0.15, -0.1) is 0 Å². The summed E-state index contributed by atoms with van der Waals surface area (Å²) < 4.78 is 17.1. The van der Waals surface area contributed by atoms with E-state index in [1.807, 2.05) is 12.1 Å². The summed E-state index contributed by atoms with van der Waals surface area (Å²) in [5.74, 6) is 1.47. The summed E-state index contributed by atoms with van der Waals surface area (Å²) in [4.78, 5) is 0. The normalized spacial score (nSPS) is 12.2. The van der Waals surface area contributed by atoms with Crippen LogP contribution in [0.3, 0.4) is 0 Å². The topological polar surface area (TPSA) is 53.7 Å². The fourth-order valence-electron chi connectivity index (χ4n) is 1.86. The quantitative estimate of drug-likeness (QED) is 0.698. The van der Waals surface area contributed by atoms with Gasteiger partial charge >= 0.3 is 0 Å². The molecule has 0 heterocycles. The Bertz CT molecular complexity index is 412. The molecule has 2 N–H and O–H groups in total. The first-order valence-electron chi connectivity index (χ1n) is 6.86. The zero-order chi connectivity index (χ0) is 15.0. The van der Waals surface area contributed by atoms with Crippen molar-refractivity contribution in [2.24, 2.45) is 5.73 Å². The van der Waals surface area contributed by atoms with Gasteiger partial charge in [0.25, 0.3) is 0 Å². The Kier molecular flexibility index (Phi) is 7.95. The highest BCUT2D eigenvalue weighted by molar-refractivity contribution is 9.10. The Hall–Kier alpha value is -0.780. The van der Waals surface area contributed by atoms with Gasteiger partial charge < -0.3 is 19.9 Å². The minimum Gasteiger partial charge on any atom is -0.493 e. The number of benzene rings is 1. The third kappa shape index (κ3) is 5.31. The van der Waals surface area contributed by atoms with Gasteiger partial charge in [-0.05, 0) is 46.5 Å². The highest BCUT2D eigenvalue weighted by Gasteiger charge is 2.13. The van der Waals surface area contributed by atoms with Gasteiger partial charge in [-0.1, -0.05) is 6.92 Å². The van der Waals surface area contributed by atoms with E-state index in [9.17, 15) is 0 Å². The summed E-state index contributed by atoms with van der Waals surface area (Å²) in [6.07, 6.45) is 2.62. The van der Waals surface area contributed by atoms with Crippen LogP contribution in [0.1, 0.15) is 25.3 Å². The molecule has 0 aromatic heterocycles. The second-order valence-electron chi connectivity index (χ2n) is 4.68. The highest BCUT2D eigenvalue weighted by atomic mass is 79.9. The number of nitrogens with two attached hydrogens (primary N) is 1. The monoisotopic (exact) mass is 345 g/mol. The van der Waals surface area contributed by atoms with E-state index in [0.717, 1.165) is 40.8 Å². The minimum absolute atomic E-state index is 0.167. The number of hydrogen-bond acceptors (Lipinski definition) is 4. The predicted molar refractivity (Wildman–Crippen MR) is 84.7 cm³/mol. The number of halogens is 1. The Morgan fingerprint density at radius 2 is 2.00 bits per heavy atom. The maximum atomic E-state index is 6.00. The Balaban J connectivity index is 2.79. The fourth-order valence-corrected chi connectivity index (χ4v) is 2.46. The second-order valence-corrected chi connectivity index (χ2v) is 5.53. The molecule has 5 heteroatoms. The summed E-state index contributed by atoms with van der Waals surface area (Å²) in [7, 11) is 3.33. The van der Waals surface area contributed by atoms with E-state index in [0.29, 0.717) is 13.2 Å². The molecule has 0 radical (unpaired) electrons. The molecule has 0 spiro atoms. The van der Waals surface area contributed by atoms with Gasteiger partial charge in [-0.3, -0.25) is 0 Å². The van der Waals surface area contributed by atoms with E-state index in [4.69, 9.17) is 19.9 Å². The van der Waals surface area contributed by atoms with Gasteiger partial charge in [0.15, 0.2) is 11.5 Å². The van der Waals surface area contributed by atoms with Gasteiger partial charge in [-0.2, -0.15) is 0 Å². The molecule has 1 unspecified atom stereocenters. The number of rotatable bonds is 9. The van der Waals surface area contributed by atoms with E-state index in [-0.39, 0.29) is 6.04 Å². The fraction of sp³-hybridized carbons (Fsp3) is 0.600. The molecule has 1 aromatic rings. The van der Waals surface area contributed by atoms with Gasteiger partial charge in [0.1, 0.15) is 0 Å². The maximum Gasteiger partial charge on any atom is 0.175 e. The highest BCUT2D eigenvalue weighted by Crippen LogP contribution is 2.37. The zero-order valence-corrected chi connectivity index (χ0v) is 14.0. The van der Waals surface area contributed by atoms with Crippen molar-refractivity contribution >= 4 is 15.9 Å². The molecule has 1 aromatic carbocycles. The molecule has 0 amide bonds. The van der Waals surface area contributed by atoms with Crippen molar-refractivity contribution in [3.05, 3.63) is 22.2 Å². The van der Waals surface area contributed by atoms with Crippen LogP contribution in [0, 0.1) is 0 Å². The molecule has 4 nitrogen and oxygen atoms in total. The molecule has 114 valence electrons. The standard InChI is InChI=1S/C15H24BrNO3/c1-4-12(17)8-11-9-13(16)15(14(10-11)19-3)20-7-5-6-18-2/h9-10,12H,4-8,17H2,1-3H3. The molecule has 20 heavy (non-hydrogen) atoms. The molecule has 0 saturated heterocycles. The number of hydrogen-bond donors (Lipinski definition) is 1. The molecular formula is C15H24BrNO3. The van der Waals surface area contributed by atoms with E-state index in [1.54, 1.807) is 14.2 Å². The largest absolute Gasteiger partial charge is 0.493 e. The van der Waals surface area contributed by atoms with Gasteiger partial charge in [0.2, 0.25) is 0 Å². The Labute approximate surface area is 129 Å². The van der Waals surface area contributed by atoms with Crippen LogP contribution in [-0.4, -0.2) is 33.5 Å². The third-order valence-electron chi connectivity index (χ3n) is 3.05. The molecule has 1 rings (SSSR count). The van der Waals surface area contributed by atoms with Crippen molar-refractivity contribution in [3.8, 4) is 11.5 Å². The van der Waals surface area contributed by atoms with Crippen molar-refractivity contribution in [1.29, 1.82) is 0 Å². The van der Waals surface area contributed by atoms with E-state index in [2.05, 4.69) is 22.9 Å². The summed E-state index contributed by atoms with van der Waals surface area (Å²) in [6, 6.07) is 4.20. The van der Waals surface area contributed by atoms with Crippen LogP contribution in [-0.2, 0) is 11.2 Å². The molecule has 0 aliphatic heterocycles.